The summed E-state index contributed by atoms with van der Waals surface area (Å²) < 4.78 is 0. The van der Waals surface area contributed by atoms with Gasteiger partial charge in [0.25, 0.3) is 0 Å². The molecule has 3 heteroatoms. The number of benzene rings is 6. The monoisotopic (exact) mass is 473 g/mol. The molecule has 37 heavy (non-hydrogen) atoms. The average Bonchev–Trinajstić information content (AvgIpc) is 2.97. The highest BCUT2D eigenvalue weighted by Crippen LogP contribution is 2.33. The molecule has 3 nitrogen and oxygen atoms in total. The van der Waals surface area contributed by atoms with E-state index in [9.17, 15) is 0 Å². The van der Waals surface area contributed by atoms with Crippen molar-refractivity contribution in [2.24, 2.45) is 9.98 Å². The predicted octanol–water partition coefficient (Wildman–Crippen LogP) is 8.50. The first kappa shape index (κ1) is 21.4. The molecule has 0 radical (unpaired) electrons. The van der Waals surface area contributed by atoms with Gasteiger partial charge in [-0.1, -0.05) is 97.1 Å². The first-order valence-electron chi connectivity index (χ1n) is 12.4. The molecule has 1 aromatic heterocycles. The second-order valence-corrected chi connectivity index (χ2v) is 9.34. The molecule has 7 rings (SSSR count). The van der Waals surface area contributed by atoms with Crippen LogP contribution in [0.4, 0.5) is 0 Å². The minimum Gasteiger partial charge on any atom is -0.260 e. The summed E-state index contributed by atoms with van der Waals surface area (Å²) in [5.41, 5.74) is 1.89. The number of hydrogen-bond acceptors (Lipinski definition) is 2. The Labute approximate surface area is 214 Å². The van der Waals surface area contributed by atoms with Gasteiger partial charge in [-0.3, -0.25) is 9.98 Å². The number of rotatable bonds is 3. The van der Waals surface area contributed by atoms with E-state index < -0.39 is 0 Å². The van der Waals surface area contributed by atoms with E-state index in [1.54, 1.807) is 0 Å². The summed E-state index contributed by atoms with van der Waals surface area (Å²) in [6.07, 6.45) is 1.95. The maximum Gasteiger partial charge on any atom is 0.154 e. The first-order valence-corrected chi connectivity index (χ1v) is 12.4. The molecule has 0 aliphatic heterocycles. The second kappa shape index (κ2) is 8.65. The fraction of sp³-hybridized carbons (Fsp3) is 0.0294. The molecule has 0 aliphatic rings. The maximum absolute atomic E-state index is 4.91. The number of aliphatic imine (C=N–C) groups is 2. The van der Waals surface area contributed by atoms with Crippen molar-refractivity contribution in [1.82, 2.24) is 4.98 Å². The van der Waals surface area contributed by atoms with Crippen molar-refractivity contribution in [3.63, 3.8) is 0 Å². The Morgan fingerprint density at radius 1 is 0.595 bits per heavy atom. The number of pyridine rings is 1. The zero-order chi connectivity index (χ0) is 24.8. The van der Waals surface area contributed by atoms with Gasteiger partial charge in [0, 0.05) is 17.1 Å². The molecule has 0 unspecified atom stereocenters. The fourth-order valence-corrected chi connectivity index (χ4v) is 5.47. The number of amidine groups is 1. The lowest BCUT2D eigenvalue weighted by atomic mass is 9.96. The van der Waals surface area contributed by atoms with Crippen LogP contribution < -0.4 is 0 Å². The van der Waals surface area contributed by atoms with E-state index in [2.05, 4.69) is 121 Å². The van der Waals surface area contributed by atoms with E-state index in [1.165, 1.54) is 37.7 Å². The van der Waals surface area contributed by atoms with Gasteiger partial charge < -0.3 is 0 Å². The van der Waals surface area contributed by atoms with Gasteiger partial charge in [-0.05, 0) is 67.3 Å². The lowest BCUT2D eigenvalue weighted by molar-refractivity contribution is 0.995. The number of hydrogen-bond donors (Lipinski definition) is 0. The molecule has 1 heterocycles. The second-order valence-electron chi connectivity index (χ2n) is 9.34. The summed E-state index contributed by atoms with van der Waals surface area (Å²) in [7, 11) is 0. The lowest BCUT2D eigenvalue weighted by Gasteiger charge is -2.11. The molecule has 174 valence electrons. The van der Waals surface area contributed by atoms with E-state index >= 15 is 0 Å². The molecular formula is C34H23N3. The number of fused-ring (bicyclic) bond motifs is 8. The largest absolute Gasteiger partial charge is 0.260 e. The summed E-state index contributed by atoms with van der Waals surface area (Å²) >= 11 is 0. The molecule has 6 aromatic carbocycles. The van der Waals surface area contributed by atoms with Crippen LogP contribution in [0.1, 0.15) is 11.3 Å². The van der Waals surface area contributed by atoms with Gasteiger partial charge in [0.15, 0.2) is 5.84 Å². The van der Waals surface area contributed by atoms with Gasteiger partial charge in [0.2, 0.25) is 0 Å². The van der Waals surface area contributed by atoms with E-state index in [4.69, 9.17) is 9.98 Å². The van der Waals surface area contributed by atoms with Gasteiger partial charge in [-0.15, -0.1) is 0 Å². The van der Waals surface area contributed by atoms with Gasteiger partial charge in [0.1, 0.15) is 0 Å². The molecule has 0 saturated carbocycles. The summed E-state index contributed by atoms with van der Waals surface area (Å²) in [4.78, 5) is 14.0. The Hall–Kier alpha value is -4.89. The number of aromatic nitrogens is 1. The summed E-state index contributed by atoms with van der Waals surface area (Å²) in [5, 5.41) is 12.0. The normalized spacial score (nSPS) is 12.2. The zero-order valence-corrected chi connectivity index (χ0v) is 20.2. The van der Waals surface area contributed by atoms with Crippen LogP contribution in [0.15, 0.2) is 125 Å². The highest BCUT2D eigenvalue weighted by Gasteiger charge is 2.11. The Morgan fingerprint density at radius 3 is 2.05 bits per heavy atom. The van der Waals surface area contributed by atoms with Crippen molar-refractivity contribution < 1.29 is 0 Å². The van der Waals surface area contributed by atoms with Crippen molar-refractivity contribution in [1.29, 1.82) is 0 Å². The Morgan fingerprint density at radius 2 is 1.24 bits per heavy atom. The van der Waals surface area contributed by atoms with Crippen LogP contribution in [0.5, 0.6) is 0 Å². The van der Waals surface area contributed by atoms with E-state index in [1.807, 2.05) is 6.20 Å². The Balaban J connectivity index is 1.37. The van der Waals surface area contributed by atoms with E-state index in [0.717, 1.165) is 27.4 Å². The predicted molar refractivity (Wildman–Crippen MR) is 158 cm³/mol. The van der Waals surface area contributed by atoms with E-state index in [0.29, 0.717) is 12.4 Å². The quantitative estimate of drug-likeness (QED) is 0.144. The minimum atomic E-state index is 0.423. The molecule has 0 N–H and O–H groups in total. The van der Waals surface area contributed by atoms with Crippen LogP contribution in [0.2, 0.25) is 0 Å². The molecular weight excluding hydrogens is 450 g/mol. The molecule has 0 atom stereocenters. The molecule has 0 fully saturated rings. The first-order chi connectivity index (χ1) is 18.3. The highest BCUT2D eigenvalue weighted by atomic mass is 14.9. The van der Waals surface area contributed by atoms with Crippen LogP contribution >= 0.6 is 0 Å². The summed E-state index contributed by atoms with van der Waals surface area (Å²) in [6, 6.07) is 38.4. The Kier molecular flexibility index (Phi) is 5.00. The van der Waals surface area contributed by atoms with Gasteiger partial charge in [0.05, 0.1) is 12.2 Å². The Bertz CT molecular complexity index is 2030. The topological polar surface area (TPSA) is 37.6 Å². The van der Waals surface area contributed by atoms with Gasteiger partial charge in [-0.25, -0.2) is 4.99 Å². The average molecular weight is 474 g/mol. The molecule has 0 aliphatic carbocycles. The number of nitrogens with zero attached hydrogens (tertiary/aromatic N) is 3. The summed E-state index contributed by atoms with van der Waals surface area (Å²) in [5.74, 6) is 0.632. The molecule has 0 bridgehead atoms. The molecule has 0 spiro atoms. The fourth-order valence-electron chi connectivity index (χ4n) is 5.47. The van der Waals surface area contributed by atoms with Gasteiger partial charge in [-0.2, -0.15) is 0 Å². The van der Waals surface area contributed by atoms with Crippen molar-refractivity contribution in [2.75, 3.05) is 0 Å². The van der Waals surface area contributed by atoms with Crippen molar-refractivity contribution in [3.8, 4) is 0 Å². The van der Waals surface area contributed by atoms with Crippen LogP contribution in [-0.2, 0) is 6.54 Å². The molecule has 0 amide bonds. The van der Waals surface area contributed by atoms with Crippen molar-refractivity contribution >= 4 is 66.4 Å². The van der Waals surface area contributed by atoms with Gasteiger partial charge >= 0.3 is 0 Å². The third-order valence-electron chi connectivity index (χ3n) is 7.21. The third-order valence-corrected chi connectivity index (χ3v) is 7.21. The van der Waals surface area contributed by atoms with Crippen LogP contribution in [0.3, 0.4) is 0 Å². The third kappa shape index (κ3) is 3.56. The van der Waals surface area contributed by atoms with E-state index in [-0.39, 0.29) is 0 Å². The maximum atomic E-state index is 4.91. The SMILES string of the molecule is C=N/C(=N\Cc1cc2c(ccc3ccc4ccccc4c32)cn1)c1cc2ccccc2c2ccccc12. The lowest BCUT2D eigenvalue weighted by Crippen LogP contribution is -2.00. The molecule has 7 aromatic rings. The summed E-state index contributed by atoms with van der Waals surface area (Å²) in [6.45, 7) is 4.28. The standard InChI is InChI=1S/C34H23N3/c1-35-34(32-18-24-9-3-4-10-27(24)29-12-6-7-13-30(29)32)37-21-26-19-31-25(20-36-26)17-16-23-15-14-22-8-2-5-11-28(22)33(23)31/h2-20H,1,21H2/b37-34-. The van der Waals surface area contributed by atoms with Crippen molar-refractivity contribution in [2.45, 2.75) is 6.54 Å². The van der Waals surface area contributed by atoms with Crippen LogP contribution in [0.25, 0.3) is 53.9 Å². The smallest absolute Gasteiger partial charge is 0.154 e. The van der Waals surface area contributed by atoms with Crippen molar-refractivity contribution in [3.05, 3.63) is 127 Å². The zero-order valence-electron chi connectivity index (χ0n) is 20.2. The minimum absolute atomic E-state index is 0.423. The van der Waals surface area contributed by atoms with Crippen LogP contribution in [-0.4, -0.2) is 17.5 Å². The highest BCUT2D eigenvalue weighted by molar-refractivity contribution is 6.20. The molecule has 0 saturated heterocycles. The van der Waals surface area contributed by atoms with Crippen LogP contribution in [0, 0.1) is 0 Å².